The molecule has 0 bridgehead atoms. The van der Waals surface area contributed by atoms with Crippen LogP contribution in [0.5, 0.6) is 0 Å². The predicted octanol–water partition coefficient (Wildman–Crippen LogP) is 3.86. The molecule has 0 spiro atoms. The number of nitrogens with one attached hydrogen (secondary N) is 1. The van der Waals surface area contributed by atoms with Crippen molar-refractivity contribution in [3.05, 3.63) is 70.7 Å². The normalized spacial score (nSPS) is 24.0. The first-order chi connectivity index (χ1) is 11.3. The van der Waals surface area contributed by atoms with Crippen molar-refractivity contribution in [2.45, 2.75) is 19.0 Å². The Kier molecular flexibility index (Phi) is 4.06. The lowest BCUT2D eigenvalue weighted by Gasteiger charge is -2.33. The first kappa shape index (κ1) is 14.7. The zero-order valence-corrected chi connectivity index (χ0v) is 13.7. The summed E-state index contributed by atoms with van der Waals surface area (Å²) in [5.41, 5.74) is 7.29. The molecular weight excluding hydrogens is 306 g/mol. The number of hydrogen-bond donors (Lipinski definition) is 1. The van der Waals surface area contributed by atoms with E-state index in [0.29, 0.717) is 5.92 Å². The van der Waals surface area contributed by atoms with Gasteiger partial charge in [0, 0.05) is 42.7 Å². The summed E-state index contributed by atoms with van der Waals surface area (Å²) in [7, 11) is 0. The minimum atomic E-state index is 0.265. The van der Waals surface area contributed by atoms with E-state index < -0.39 is 0 Å². The van der Waals surface area contributed by atoms with Gasteiger partial charge in [-0.1, -0.05) is 54.1 Å². The van der Waals surface area contributed by atoms with Crippen molar-refractivity contribution in [3.63, 3.8) is 0 Å². The standard InChI is InChI=1S/C19H20ClN3/c20-16-8-6-15(7-9-16)19-17-13-23(11-10-18(17)21-22-19)12-14-4-2-1-3-5-14/h1-9,17,19,22H,10-13H2. The van der Waals surface area contributed by atoms with Crippen molar-refractivity contribution in [2.24, 2.45) is 11.0 Å². The largest absolute Gasteiger partial charge is 0.302 e. The number of fused-ring (bicyclic) bond motifs is 1. The molecule has 3 nitrogen and oxygen atoms in total. The van der Waals surface area contributed by atoms with Crippen molar-refractivity contribution in [1.29, 1.82) is 0 Å². The highest BCUT2D eigenvalue weighted by Crippen LogP contribution is 2.33. The van der Waals surface area contributed by atoms with Crippen molar-refractivity contribution in [1.82, 2.24) is 10.3 Å². The lowest BCUT2D eigenvalue weighted by atomic mass is 9.86. The van der Waals surface area contributed by atoms with Gasteiger partial charge in [-0.05, 0) is 23.3 Å². The van der Waals surface area contributed by atoms with Gasteiger partial charge in [-0.2, -0.15) is 5.10 Å². The van der Waals surface area contributed by atoms with Crippen LogP contribution < -0.4 is 5.43 Å². The molecule has 4 heteroatoms. The number of hydrazone groups is 1. The number of nitrogens with zero attached hydrogens (tertiary/aromatic N) is 2. The summed E-state index contributed by atoms with van der Waals surface area (Å²) < 4.78 is 0. The third kappa shape index (κ3) is 3.12. The van der Waals surface area contributed by atoms with Crippen molar-refractivity contribution in [2.75, 3.05) is 13.1 Å². The molecule has 2 atom stereocenters. The fraction of sp³-hybridized carbons (Fsp3) is 0.316. The maximum Gasteiger partial charge on any atom is 0.0782 e. The summed E-state index contributed by atoms with van der Waals surface area (Å²) in [6.45, 7) is 3.14. The van der Waals surface area contributed by atoms with Gasteiger partial charge in [0.1, 0.15) is 0 Å². The molecule has 0 aliphatic carbocycles. The molecule has 1 fully saturated rings. The molecule has 118 valence electrons. The van der Waals surface area contributed by atoms with Crippen molar-refractivity contribution < 1.29 is 0 Å². The number of benzene rings is 2. The Balaban J connectivity index is 1.48. The van der Waals surface area contributed by atoms with Crippen LogP contribution in [-0.4, -0.2) is 23.7 Å². The van der Waals surface area contributed by atoms with Gasteiger partial charge in [-0.15, -0.1) is 0 Å². The van der Waals surface area contributed by atoms with E-state index >= 15 is 0 Å². The third-order valence-electron chi connectivity index (χ3n) is 4.79. The van der Waals surface area contributed by atoms with E-state index in [2.05, 4.69) is 57.9 Å². The summed E-state index contributed by atoms with van der Waals surface area (Å²) in [5.74, 6) is 0.452. The number of piperidine rings is 1. The zero-order chi connectivity index (χ0) is 15.6. The van der Waals surface area contributed by atoms with Gasteiger partial charge < -0.3 is 5.43 Å². The van der Waals surface area contributed by atoms with E-state index in [1.165, 1.54) is 16.8 Å². The number of hydrogen-bond acceptors (Lipinski definition) is 3. The second-order valence-corrected chi connectivity index (χ2v) is 6.78. The number of rotatable bonds is 3. The highest BCUT2D eigenvalue weighted by molar-refractivity contribution is 6.30. The average Bonchev–Trinajstić information content (AvgIpc) is 3.00. The molecule has 2 aliphatic rings. The van der Waals surface area contributed by atoms with Crippen molar-refractivity contribution in [3.8, 4) is 0 Å². The second kappa shape index (κ2) is 6.34. The van der Waals surface area contributed by atoms with Crippen LogP contribution in [0.2, 0.25) is 5.02 Å². The Morgan fingerprint density at radius 3 is 2.65 bits per heavy atom. The average molecular weight is 326 g/mol. The van der Waals surface area contributed by atoms with Crippen LogP contribution in [0.1, 0.15) is 23.6 Å². The Morgan fingerprint density at radius 2 is 1.87 bits per heavy atom. The minimum absolute atomic E-state index is 0.265. The van der Waals surface area contributed by atoms with Crippen LogP contribution in [0.4, 0.5) is 0 Å². The summed E-state index contributed by atoms with van der Waals surface area (Å²) in [5, 5.41) is 5.37. The summed E-state index contributed by atoms with van der Waals surface area (Å²) in [4.78, 5) is 2.54. The Labute approximate surface area is 142 Å². The van der Waals surface area contributed by atoms with Crippen molar-refractivity contribution >= 4 is 17.3 Å². The summed E-state index contributed by atoms with van der Waals surface area (Å²) in [6.07, 6.45) is 1.05. The molecule has 23 heavy (non-hydrogen) atoms. The van der Waals surface area contributed by atoms with Crippen LogP contribution in [0.3, 0.4) is 0 Å². The number of likely N-dealkylation sites (tertiary alicyclic amines) is 1. The molecule has 0 aromatic heterocycles. The Hall–Kier alpha value is -1.84. The molecule has 2 aromatic rings. The Bertz CT molecular complexity index is 696. The van der Waals surface area contributed by atoms with Gasteiger partial charge >= 0.3 is 0 Å². The van der Waals surface area contributed by atoms with E-state index in [1.807, 2.05) is 12.1 Å². The van der Waals surface area contributed by atoms with Gasteiger partial charge in [0.2, 0.25) is 0 Å². The van der Waals surface area contributed by atoms with E-state index in [-0.39, 0.29) is 6.04 Å². The lowest BCUT2D eigenvalue weighted by Crippen LogP contribution is -2.41. The quantitative estimate of drug-likeness (QED) is 0.928. The minimum Gasteiger partial charge on any atom is -0.302 e. The highest BCUT2D eigenvalue weighted by atomic mass is 35.5. The smallest absolute Gasteiger partial charge is 0.0782 e. The fourth-order valence-electron chi connectivity index (χ4n) is 3.57. The van der Waals surface area contributed by atoms with Gasteiger partial charge in [-0.3, -0.25) is 4.90 Å². The molecule has 4 rings (SSSR count). The third-order valence-corrected chi connectivity index (χ3v) is 5.05. The predicted molar refractivity (Wildman–Crippen MR) is 94.6 cm³/mol. The lowest BCUT2D eigenvalue weighted by molar-refractivity contribution is 0.220. The SMILES string of the molecule is Clc1ccc(C2NN=C3CCN(Cc4ccccc4)CC32)cc1. The maximum absolute atomic E-state index is 6.01. The topological polar surface area (TPSA) is 27.6 Å². The molecular formula is C19H20ClN3. The molecule has 0 radical (unpaired) electrons. The molecule has 0 amide bonds. The number of halogens is 1. The fourth-order valence-corrected chi connectivity index (χ4v) is 3.70. The van der Waals surface area contributed by atoms with E-state index in [0.717, 1.165) is 31.1 Å². The van der Waals surface area contributed by atoms with E-state index in [9.17, 15) is 0 Å². The van der Waals surface area contributed by atoms with Gasteiger partial charge in [0.25, 0.3) is 0 Å². The molecule has 1 N–H and O–H groups in total. The van der Waals surface area contributed by atoms with Gasteiger partial charge in [-0.25, -0.2) is 0 Å². The van der Waals surface area contributed by atoms with Crippen LogP contribution in [-0.2, 0) is 6.54 Å². The molecule has 2 heterocycles. The highest BCUT2D eigenvalue weighted by Gasteiger charge is 2.36. The van der Waals surface area contributed by atoms with Gasteiger partial charge in [0.15, 0.2) is 0 Å². The maximum atomic E-state index is 6.01. The van der Waals surface area contributed by atoms with E-state index in [4.69, 9.17) is 11.6 Å². The van der Waals surface area contributed by atoms with Crippen LogP contribution in [0.15, 0.2) is 59.7 Å². The summed E-state index contributed by atoms with van der Waals surface area (Å²) >= 11 is 6.01. The van der Waals surface area contributed by atoms with Crippen LogP contribution in [0.25, 0.3) is 0 Å². The molecule has 2 aromatic carbocycles. The van der Waals surface area contributed by atoms with Crippen LogP contribution in [0, 0.1) is 5.92 Å². The summed E-state index contributed by atoms with van der Waals surface area (Å²) in [6, 6.07) is 19.1. The van der Waals surface area contributed by atoms with Gasteiger partial charge in [0.05, 0.1) is 6.04 Å². The molecule has 1 saturated heterocycles. The molecule has 0 saturated carbocycles. The first-order valence-electron chi connectivity index (χ1n) is 8.13. The van der Waals surface area contributed by atoms with E-state index in [1.54, 1.807) is 0 Å². The zero-order valence-electron chi connectivity index (χ0n) is 13.0. The monoisotopic (exact) mass is 325 g/mol. The second-order valence-electron chi connectivity index (χ2n) is 6.34. The first-order valence-corrected chi connectivity index (χ1v) is 8.51. The molecule has 2 unspecified atom stereocenters. The van der Waals surface area contributed by atoms with Crippen LogP contribution >= 0.6 is 11.6 Å². The Morgan fingerprint density at radius 1 is 1.09 bits per heavy atom. The molecule has 2 aliphatic heterocycles.